The Hall–Kier alpha value is -5.19. The minimum atomic E-state index is -0.763. The van der Waals surface area contributed by atoms with Crippen LogP contribution in [0.3, 0.4) is 0 Å². The molecular formula is C43H46ClN7O6S2. The molecule has 2 aliphatic rings. The Morgan fingerprint density at radius 3 is 2.34 bits per heavy atom. The standard InChI is InChI=1S/C43H46ClN7O6S2/c1-27(47-24-36(52)35-8-7-19-51(35)42(54)57-43(2,3)4)41(53)56-21-20-55-32-15-11-28(12-16-32)37-33(22-45)38(50-17-5-6-18-50)49-40(34(37)23-46)59-26-31-25-58-39(48-31)29-9-13-30(44)14-10-29/h9-16,25,27,35,47H,5-8,17-21,24,26H2,1-4H3/t27-,35-/m0/s1. The number of benzene rings is 2. The smallest absolute Gasteiger partial charge is 0.410 e. The number of anilines is 1. The van der Waals surface area contributed by atoms with Crippen LogP contribution in [0.4, 0.5) is 10.6 Å². The summed E-state index contributed by atoms with van der Waals surface area (Å²) in [7, 11) is 0. The number of amides is 1. The van der Waals surface area contributed by atoms with Crippen molar-refractivity contribution in [2.24, 2.45) is 0 Å². The highest BCUT2D eigenvalue weighted by Gasteiger charge is 2.36. The van der Waals surface area contributed by atoms with Gasteiger partial charge in [0.05, 0.1) is 23.8 Å². The lowest BCUT2D eigenvalue weighted by Crippen LogP contribution is -2.47. The molecule has 0 bridgehead atoms. The first-order chi connectivity index (χ1) is 28.3. The molecule has 1 N–H and O–H groups in total. The number of carbonyl (C=O) groups is 3. The fourth-order valence-corrected chi connectivity index (χ4v) is 8.73. The van der Waals surface area contributed by atoms with Crippen molar-refractivity contribution in [3.8, 4) is 39.6 Å². The molecule has 308 valence electrons. The van der Waals surface area contributed by atoms with E-state index < -0.39 is 29.7 Å². The average Bonchev–Trinajstić information content (AvgIpc) is 4.03. The third kappa shape index (κ3) is 11.1. The van der Waals surface area contributed by atoms with Crippen molar-refractivity contribution in [1.82, 2.24) is 20.2 Å². The van der Waals surface area contributed by atoms with E-state index in [1.165, 1.54) is 28.0 Å². The van der Waals surface area contributed by atoms with Crippen LogP contribution in [0.25, 0.3) is 21.7 Å². The van der Waals surface area contributed by atoms with E-state index in [1.54, 1.807) is 52.0 Å². The van der Waals surface area contributed by atoms with Gasteiger partial charge in [-0.05, 0) is 83.2 Å². The van der Waals surface area contributed by atoms with Crippen LogP contribution in [0.15, 0.2) is 58.9 Å². The Morgan fingerprint density at radius 1 is 0.966 bits per heavy atom. The number of ketones is 1. The second kappa shape index (κ2) is 19.7. The molecule has 0 radical (unpaired) electrons. The van der Waals surface area contributed by atoms with Crippen molar-refractivity contribution < 1.29 is 28.6 Å². The van der Waals surface area contributed by atoms with Crippen LogP contribution >= 0.6 is 34.7 Å². The Bertz CT molecular complexity index is 2220. The van der Waals surface area contributed by atoms with E-state index in [-0.39, 0.29) is 25.5 Å². The summed E-state index contributed by atoms with van der Waals surface area (Å²) in [5.74, 6) is 0.816. The van der Waals surface area contributed by atoms with Gasteiger partial charge in [-0.15, -0.1) is 11.3 Å². The summed E-state index contributed by atoms with van der Waals surface area (Å²) in [6.07, 6.45) is 2.70. The van der Waals surface area contributed by atoms with Crippen molar-refractivity contribution >= 4 is 58.4 Å². The number of thiazole rings is 1. The van der Waals surface area contributed by atoms with Crippen LogP contribution < -0.4 is 15.0 Å². The molecule has 2 aliphatic heterocycles. The zero-order chi connectivity index (χ0) is 42.1. The molecule has 0 saturated carbocycles. The molecule has 2 aromatic heterocycles. The minimum Gasteiger partial charge on any atom is -0.490 e. The van der Waals surface area contributed by atoms with E-state index >= 15 is 0 Å². The number of Topliss-reactive ketones (excluding diaryl/α,β-unsaturated/α-hetero) is 1. The molecule has 4 aromatic rings. The van der Waals surface area contributed by atoms with Crippen LogP contribution in [0.5, 0.6) is 5.75 Å². The molecule has 0 unspecified atom stereocenters. The third-order valence-corrected chi connectivity index (χ3v) is 11.9. The molecule has 6 rings (SSSR count). The number of hydrogen-bond acceptors (Lipinski definition) is 14. The molecule has 0 spiro atoms. The van der Waals surface area contributed by atoms with Crippen LogP contribution in [0.1, 0.15) is 70.2 Å². The molecule has 2 saturated heterocycles. The number of nitrogens with one attached hydrogen (secondary N) is 1. The number of ether oxygens (including phenoxy) is 3. The molecule has 0 aliphatic carbocycles. The quantitative estimate of drug-likeness (QED) is 0.0693. The molecule has 13 nitrogen and oxygen atoms in total. The SMILES string of the molecule is C[C@H](NCC(=O)[C@@H]1CCCN1C(=O)OC(C)(C)C)C(=O)OCCOc1ccc(-c2c(C#N)c(SCc3csc(-c4ccc(Cl)cc4)n3)nc(N3CCCC3)c2C#N)cc1. The summed E-state index contributed by atoms with van der Waals surface area (Å²) in [5, 5.41) is 27.9. The zero-order valence-electron chi connectivity index (χ0n) is 33.5. The fourth-order valence-electron chi connectivity index (χ4n) is 6.79. The van der Waals surface area contributed by atoms with E-state index in [0.717, 1.165) is 42.2 Å². The molecule has 16 heteroatoms. The van der Waals surface area contributed by atoms with E-state index in [4.69, 9.17) is 35.8 Å². The predicted octanol–water partition coefficient (Wildman–Crippen LogP) is 8.03. The van der Waals surface area contributed by atoms with Gasteiger partial charge in [0.1, 0.15) is 64.2 Å². The summed E-state index contributed by atoms with van der Waals surface area (Å²) in [6.45, 7) is 8.87. The van der Waals surface area contributed by atoms with Crippen LogP contribution in [0, 0.1) is 22.7 Å². The summed E-state index contributed by atoms with van der Waals surface area (Å²) in [5.41, 5.74) is 3.00. The van der Waals surface area contributed by atoms with Gasteiger partial charge in [0.2, 0.25) is 0 Å². The van der Waals surface area contributed by atoms with Gasteiger partial charge in [0, 0.05) is 46.9 Å². The normalized spacial score (nSPS) is 15.7. The van der Waals surface area contributed by atoms with Gasteiger partial charge >= 0.3 is 12.1 Å². The van der Waals surface area contributed by atoms with Crippen LogP contribution in [-0.2, 0) is 24.8 Å². The van der Waals surface area contributed by atoms with Gasteiger partial charge in [0.25, 0.3) is 0 Å². The Kier molecular flexibility index (Phi) is 14.5. The fraction of sp³-hybridized carbons (Fsp3) is 0.419. The number of nitriles is 2. The van der Waals surface area contributed by atoms with E-state index in [9.17, 15) is 24.9 Å². The van der Waals surface area contributed by atoms with Crippen molar-refractivity contribution in [3.63, 3.8) is 0 Å². The van der Waals surface area contributed by atoms with Gasteiger partial charge < -0.3 is 19.1 Å². The number of esters is 1. The minimum absolute atomic E-state index is 0.0307. The van der Waals surface area contributed by atoms with Crippen molar-refractivity contribution in [2.75, 3.05) is 44.3 Å². The number of carbonyl (C=O) groups excluding carboxylic acids is 3. The van der Waals surface area contributed by atoms with Gasteiger partial charge in [-0.2, -0.15) is 10.5 Å². The van der Waals surface area contributed by atoms with Gasteiger partial charge in [0.15, 0.2) is 5.78 Å². The maximum atomic E-state index is 13.0. The highest BCUT2D eigenvalue weighted by molar-refractivity contribution is 7.98. The van der Waals surface area contributed by atoms with Crippen molar-refractivity contribution in [1.29, 1.82) is 10.5 Å². The van der Waals surface area contributed by atoms with Crippen LogP contribution in [-0.4, -0.2) is 89.8 Å². The van der Waals surface area contributed by atoms with E-state index in [1.807, 2.05) is 29.6 Å². The number of nitrogens with zero attached hydrogens (tertiary/aromatic N) is 6. The number of likely N-dealkylation sites (tertiary alicyclic amines) is 1. The summed E-state index contributed by atoms with van der Waals surface area (Å²) >= 11 is 9.02. The van der Waals surface area contributed by atoms with Gasteiger partial charge in [-0.3, -0.25) is 19.8 Å². The van der Waals surface area contributed by atoms with E-state index in [2.05, 4.69) is 22.4 Å². The summed E-state index contributed by atoms with van der Waals surface area (Å²) < 4.78 is 16.7. The average molecular weight is 856 g/mol. The lowest BCUT2D eigenvalue weighted by Gasteiger charge is -2.28. The highest BCUT2D eigenvalue weighted by atomic mass is 35.5. The first-order valence-corrected chi connectivity index (χ1v) is 21.7. The molecule has 1 amide bonds. The van der Waals surface area contributed by atoms with Crippen LogP contribution in [0.2, 0.25) is 5.02 Å². The summed E-state index contributed by atoms with van der Waals surface area (Å²) in [6, 6.07) is 18.0. The second-order valence-electron chi connectivity index (χ2n) is 15.2. The first-order valence-electron chi connectivity index (χ1n) is 19.5. The van der Waals surface area contributed by atoms with Crippen molar-refractivity contribution in [3.05, 3.63) is 75.8 Å². The Morgan fingerprint density at radius 2 is 1.66 bits per heavy atom. The molecule has 2 atom stereocenters. The molecule has 2 fully saturated rings. The van der Waals surface area contributed by atoms with Crippen molar-refractivity contribution in [2.45, 2.75) is 81.8 Å². The lowest BCUT2D eigenvalue weighted by molar-refractivity contribution is -0.146. The number of pyridine rings is 1. The highest BCUT2D eigenvalue weighted by Crippen LogP contribution is 2.40. The molecule has 2 aromatic carbocycles. The second-order valence-corrected chi connectivity index (χ2v) is 17.4. The first kappa shape index (κ1) is 43.4. The summed E-state index contributed by atoms with van der Waals surface area (Å²) in [4.78, 5) is 51.5. The molecular weight excluding hydrogens is 810 g/mol. The third-order valence-electron chi connectivity index (χ3n) is 9.70. The lowest BCUT2D eigenvalue weighted by atomic mass is 9.96. The van der Waals surface area contributed by atoms with E-state index in [0.29, 0.717) is 69.0 Å². The monoisotopic (exact) mass is 855 g/mol. The largest absolute Gasteiger partial charge is 0.490 e. The Labute approximate surface area is 357 Å². The Balaban J connectivity index is 1.06. The number of hydrogen-bond donors (Lipinski definition) is 1. The zero-order valence-corrected chi connectivity index (χ0v) is 35.8. The molecule has 59 heavy (non-hydrogen) atoms. The molecule has 4 heterocycles. The number of halogens is 1. The van der Waals surface area contributed by atoms with Gasteiger partial charge in [-0.1, -0.05) is 47.6 Å². The number of rotatable bonds is 15. The topological polar surface area (TPSA) is 171 Å². The predicted molar refractivity (Wildman–Crippen MR) is 228 cm³/mol. The maximum Gasteiger partial charge on any atom is 0.410 e. The van der Waals surface area contributed by atoms with Gasteiger partial charge in [-0.25, -0.2) is 14.8 Å². The number of aromatic nitrogens is 2. The maximum absolute atomic E-state index is 13.0. The number of thioether (sulfide) groups is 1.